The Morgan fingerprint density at radius 1 is 0.968 bits per heavy atom. The van der Waals surface area contributed by atoms with Gasteiger partial charge in [0, 0.05) is 12.7 Å². The first-order valence-electron chi connectivity index (χ1n) is 9.54. The number of hydrogen-bond acceptors (Lipinski definition) is 5. The van der Waals surface area contributed by atoms with E-state index in [0.29, 0.717) is 37.2 Å². The van der Waals surface area contributed by atoms with Crippen molar-refractivity contribution in [2.75, 3.05) is 14.2 Å². The van der Waals surface area contributed by atoms with E-state index in [1.165, 1.54) is 0 Å². The molecule has 1 aromatic heterocycles. The number of nitrogens with two attached hydrogens (primary N) is 1. The van der Waals surface area contributed by atoms with Gasteiger partial charge in [-0.15, -0.1) is 24.0 Å². The summed E-state index contributed by atoms with van der Waals surface area (Å²) in [5, 5.41) is 3.11. The van der Waals surface area contributed by atoms with E-state index < -0.39 is 0 Å². The fourth-order valence-corrected chi connectivity index (χ4v) is 2.79. The predicted molar refractivity (Wildman–Crippen MR) is 132 cm³/mol. The van der Waals surface area contributed by atoms with Crippen molar-refractivity contribution < 1.29 is 14.2 Å². The monoisotopic (exact) mass is 534 g/mol. The molecule has 7 nitrogen and oxygen atoms in total. The number of ether oxygens (including phenoxy) is 3. The molecule has 0 atom stereocenters. The van der Waals surface area contributed by atoms with Crippen molar-refractivity contribution >= 4 is 29.9 Å². The molecule has 2 aromatic carbocycles. The van der Waals surface area contributed by atoms with Gasteiger partial charge >= 0.3 is 0 Å². The van der Waals surface area contributed by atoms with Gasteiger partial charge in [0.05, 0.1) is 26.5 Å². The van der Waals surface area contributed by atoms with Gasteiger partial charge in [0.15, 0.2) is 17.5 Å². The Labute approximate surface area is 199 Å². The van der Waals surface area contributed by atoms with Crippen LogP contribution in [-0.4, -0.2) is 25.2 Å². The maximum Gasteiger partial charge on any atom is 0.189 e. The number of nitrogens with zero attached hydrogens (tertiary/aromatic N) is 2. The summed E-state index contributed by atoms with van der Waals surface area (Å²) in [5.41, 5.74) is 8.91. The van der Waals surface area contributed by atoms with Crippen molar-refractivity contribution in [2.45, 2.75) is 19.7 Å². The number of pyridine rings is 1. The number of aromatic nitrogens is 1. The van der Waals surface area contributed by atoms with Crippen LogP contribution in [0.25, 0.3) is 0 Å². The molecule has 0 saturated heterocycles. The van der Waals surface area contributed by atoms with Crippen LogP contribution in [0.2, 0.25) is 0 Å². The first-order chi connectivity index (χ1) is 14.7. The number of halogens is 1. The van der Waals surface area contributed by atoms with Crippen LogP contribution in [0.3, 0.4) is 0 Å². The molecule has 0 fully saturated rings. The fourth-order valence-electron chi connectivity index (χ4n) is 2.79. The molecular formula is C23H27IN4O3. The average Bonchev–Trinajstić information content (AvgIpc) is 2.80. The minimum absolute atomic E-state index is 0. The van der Waals surface area contributed by atoms with Crippen LogP contribution >= 0.6 is 24.0 Å². The van der Waals surface area contributed by atoms with E-state index in [-0.39, 0.29) is 24.0 Å². The Morgan fingerprint density at radius 3 is 2.55 bits per heavy atom. The molecule has 0 unspecified atom stereocenters. The number of benzene rings is 2. The molecule has 0 spiro atoms. The summed E-state index contributed by atoms with van der Waals surface area (Å²) in [7, 11) is 3.22. The molecule has 0 aliphatic carbocycles. The molecule has 0 amide bonds. The molecule has 8 heteroatoms. The van der Waals surface area contributed by atoms with Crippen LogP contribution in [0.1, 0.15) is 16.8 Å². The van der Waals surface area contributed by atoms with Gasteiger partial charge in [-0.1, -0.05) is 24.3 Å². The minimum Gasteiger partial charge on any atom is -0.493 e. The van der Waals surface area contributed by atoms with Crippen molar-refractivity contribution in [1.29, 1.82) is 0 Å². The van der Waals surface area contributed by atoms with Crippen molar-refractivity contribution in [3.8, 4) is 17.2 Å². The summed E-state index contributed by atoms with van der Waals surface area (Å²) in [6.45, 7) is 1.40. The van der Waals surface area contributed by atoms with Crippen molar-refractivity contribution in [1.82, 2.24) is 10.3 Å². The average molecular weight is 534 g/mol. The molecule has 0 radical (unpaired) electrons. The van der Waals surface area contributed by atoms with E-state index in [1.807, 2.05) is 60.7 Å². The topological polar surface area (TPSA) is 91.0 Å². The molecule has 164 valence electrons. The Kier molecular flexibility index (Phi) is 9.89. The number of methoxy groups -OCH3 is 2. The highest BCUT2D eigenvalue weighted by Crippen LogP contribution is 2.27. The lowest BCUT2D eigenvalue weighted by Crippen LogP contribution is -2.31. The highest BCUT2D eigenvalue weighted by molar-refractivity contribution is 14.0. The van der Waals surface area contributed by atoms with E-state index in [4.69, 9.17) is 19.9 Å². The second-order valence-electron chi connectivity index (χ2n) is 6.50. The second-order valence-corrected chi connectivity index (χ2v) is 6.50. The number of hydrogen-bond donors (Lipinski definition) is 2. The Balaban J connectivity index is 0.00000341. The zero-order valence-electron chi connectivity index (χ0n) is 17.6. The van der Waals surface area contributed by atoms with Crippen LogP contribution in [0.4, 0.5) is 0 Å². The molecule has 31 heavy (non-hydrogen) atoms. The summed E-state index contributed by atoms with van der Waals surface area (Å²) >= 11 is 0. The van der Waals surface area contributed by atoms with Gasteiger partial charge in [-0.05, 0) is 47.5 Å². The van der Waals surface area contributed by atoms with Gasteiger partial charge in [0.1, 0.15) is 12.4 Å². The first kappa shape index (κ1) is 24.3. The largest absolute Gasteiger partial charge is 0.493 e. The molecule has 3 rings (SSSR count). The lowest BCUT2D eigenvalue weighted by atomic mass is 10.2. The van der Waals surface area contributed by atoms with Crippen molar-refractivity contribution in [3.05, 3.63) is 83.7 Å². The standard InChI is InChI=1S/C23H26N4O3.HI/c1-28-21-10-9-18(13-22(21)29-2)15-27-23(24)26-14-17-6-5-8-20(12-17)30-16-19-7-3-4-11-25-19;/h3-13H,14-16H2,1-2H3,(H3,24,26,27);1H. The number of guanidine groups is 1. The van der Waals surface area contributed by atoms with Gasteiger partial charge in [-0.25, -0.2) is 4.99 Å². The van der Waals surface area contributed by atoms with Crippen molar-refractivity contribution in [2.24, 2.45) is 10.7 Å². The SMILES string of the molecule is COc1ccc(CNC(N)=NCc2cccc(OCc3ccccn3)c2)cc1OC.I. The molecule has 3 N–H and O–H groups in total. The predicted octanol–water partition coefficient (Wildman–Crippen LogP) is 3.90. The van der Waals surface area contributed by atoms with Gasteiger partial charge in [-0.3, -0.25) is 4.98 Å². The zero-order chi connectivity index (χ0) is 21.2. The number of nitrogens with one attached hydrogen (secondary N) is 1. The van der Waals surface area contributed by atoms with Crippen LogP contribution in [0, 0.1) is 0 Å². The molecule has 0 bridgehead atoms. The number of aliphatic imine (C=N–C) groups is 1. The lowest BCUT2D eigenvalue weighted by Gasteiger charge is -2.11. The third-order valence-corrected chi connectivity index (χ3v) is 4.36. The Hall–Kier alpha value is -3.01. The van der Waals surface area contributed by atoms with Crippen molar-refractivity contribution in [3.63, 3.8) is 0 Å². The second kappa shape index (κ2) is 12.6. The Bertz CT molecular complexity index is 984. The van der Waals surface area contributed by atoms with E-state index in [0.717, 1.165) is 22.6 Å². The number of rotatable bonds is 9. The van der Waals surface area contributed by atoms with Gasteiger partial charge in [-0.2, -0.15) is 0 Å². The highest BCUT2D eigenvalue weighted by atomic mass is 127. The summed E-state index contributed by atoms with van der Waals surface area (Å²) in [6, 6.07) is 19.2. The Morgan fingerprint density at radius 2 is 1.81 bits per heavy atom. The third-order valence-electron chi connectivity index (χ3n) is 4.36. The summed E-state index contributed by atoms with van der Waals surface area (Å²) < 4.78 is 16.4. The van der Waals surface area contributed by atoms with E-state index in [1.54, 1.807) is 20.4 Å². The smallest absolute Gasteiger partial charge is 0.189 e. The van der Waals surface area contributed by atoms with E-state index >= 15 is 0 Å². The molecule has 1 heterocycles. The van der Waals surface area contributed by atoms with E-state index in [9.17, 15) is 0 Å². The van der Waals surface area contributed by atoms with Crippen LogP contribution in [0.5, 0.6) is 17.2 Å². The quantitative estimate of drug-likeness (QED) is 0.246. The maximum absolute atomic E-state index is 6.01. The third kappa shape index (κ3) is 7.63. The van der Waals surface area contributed by atoms with Crippen LogP contribution in [0.15, 0.2) is 71.9 Å². The van der Waals surface area contributed by atoms with Gasteiger partial charge < -0.3 is 25.3 Å². The molecule has 0 aliphatic rings. The molecule has 0 aliphatic heterocycles. The highest BCUT2D eigenvalue weighted by Gasteiger charge is 2.05. The summed E-state index contributed by atoms with van der Waals surface area (Å²) in [6.07, 6.45) is 1.75. The summed E-state index contributed by atoms with van der Waals surface area (Å²) in [5.74, 6) is 2.50. The lowest BCUT2D eigenvalue weighted by molar-refractivity contribution is 0.301. The minimum atomic E-state index is 0. The molecule has 0 saturated carbocycles. The van der Waals surface area contributed by atoms with Crippen LogP contribution in [-0.2, 0) is 19.7 Å². The first-order valence-corrected chi connectivity index (χ1v) is 9.54. The zero-order valence-corrected chi connectivity index (χ0v) is 19.9. The molecular weight excluding hydrogens is 507 g/mol. The normalized spacial score (nSPS) is 10.7. The van der Waals surface area contributed by atoms with Crippen LogP contribution < -0.4 is 25.3 Å². The van der Waals surface area contributed by atoms with Gasteiger partial charge in [0.25, 0.3) is 0 Å². The van der Waals surface area contributed by atoms with Gasteiger partial charge in [0.2, 0.25) is 0 Å². The van der Waals surface area contributed by atoms with E-state index in [2.05, 4.69) is 15.3 Å². The molecule has 3 aromatic rings. The fraction of sp³-hybridized carbons (Fsp3) is 0.217. The summed E-state index contributed by atoms with van der Waals surface area (Å²) in [4.78, 5) is 8.66. The maximum atomic E-state index is 6.01.